The maximum Gasteiger partial charge on any atom is 0.273 e. The molecule has 1 aliphatic heterocycles. The van der Waals surface area contributed by atoms with E-state index >= 15 is 0 Å². The van der Waals surface area contributed by atoms with Crippen LogP contribution in [0.3, 0.4) is 0 Å². The minimum atomic E-state index is -0.279. The molecule has 1 aromatic carbocycles. The summed E-state index contributed by atoms with van der Waals surface area (Å²) in [6.45, 7) is 4.56. The Morgan fingerprint density at radius 1 is 1.39 bits per heavy atom. The molecule has 1 amide bonds. The van der Waals surface area contributed by atoms with Crippen molar-refractivity contribution in [3.63, 3.8) is 0 Å². The molecule has 0 atom stereocenters. The summed E-state index contributed by atoms with van der Waals surface area (Å²) in [5, 5.41) is 14.7. The van der Waals surface area contributed by atoms with Crippen molar-refractivity contribution < 1.29 is 14.3 Å². The Hall–Kier alpha value is -2.03. The molecule has 2 aromatic rings. The van der Waals surface area contributed by atoms with Crippen LogP contribution in [-0.4, -0.2) is 47.7 Å². The number of nitrogens with one attached hydrogen (secondary N) is 2. The largest absolute Gasteiger partial charge is 0.493 e. The van der Waals surface area contributed by atoms with E-state index in [0.29, 0.717) is 35.4 Å². The van der Waals surface area contributed by atoms with E-state index in [1.165, 1.54) is 0 Å². The SMILES string of the molecule is CCOc1c(Cl)cc(CNC(=O)c2cn(C3CCNCC3)nn2)cc1OC.Cl. The van der Waals surface area contributed by atoms with Crippen molar-refractivity contribution in [2.24, 2.45) is 0 Å². The van der Waals surface area contributed by atoms with E-state index in [2.05, 4.69) is 20.9 Å². The quantitative estimate of drug-likeness (QED) is 0.702. The van der Waals surface area contributed by atoms with Crippen molar-refractivity contribution in [1.82, 2.24) is 25.6 Å². The number of amides is 1. The number of benzene rings is 1. The zero-order valence-corrected chi connectivity index (χ0v) is 17.5. The number of hydrogen-bond acceptors (Lipinski definition) is 6. The highest BCUT2D eigenvalue weighted by atomic mass is 35.5. The topological polar surface area (TPSA) is 90.3 Å². The molecule has 0 spiro atoms. The van der Waals surface area contributed by atoms with Gasteiger partial charge in [0.05, 0.1) is 31.0 Å². The lowest BCUT2D eigenvalue weighted by Gasteiger charge is -2.22. The molecule has 8 nitrogen and oxygen atoms in total. The third kappa shape index (κ3) is 5.27. The molecule has 0 unspecified atom stereocenters. The average molecular weight is 430 g/mol. The van der Waals surface area contributed by atoms with Gasteiger partial charge in [0, 0.05) is 6.54 Å². The van der Waals surface area contributed by atoms with Crippen molar-refractivity contribution in [3.05, 3.63) is 34.6 Å². The van der Waals surface area contributed by atoms with Crippen LogP contribution in [0, 0.1) is 0 Å². The summed E-state index contributed by atoms with van der Waals surface area (Å²) in [5.74, 6) is 0.756. The minimum Gasteiger partial charge on any atom is -0.493 e. The monoisotopic (exact) mass is 429 g/mol. The van der Waals surface area contributed by atoms with Gasteiger partial charge >= 0.3 is 0 Å². The van der Waals surface area contributed by atoms with Gasteiger partial charge in [-0.1, -0.05) is 16.8 Å². The summed E-state index contributed by atoms with van der Waals surface area (Å²) in [7, 11) is 1.55. The number of ether oxygens (including phenoxy) is 2. The molecule has 0 radical (unpaired) electrons. The summed E-state index contributed by atoms with van der Waals surface area (Å²) in [4.78, 5) is 12.4. The Morgan fingerprint density at radius 2 is 2.14 bits per heavy atom. The number of piperidine rings is 1. The number of rotatable bonds is 7. The molecule has 1 saturated heterocycles. The summed E-state index contributed by atoms with van der Waals surface area (Å²) in [6, 6.07) is 3.83. The molecule has 0 saturated carbocycles. The molecular weight excluding hydrogens is 405 g/mol. The normalized spacial score (nSPS) is 14.2. The predicted octanol–water partition coefficient (Wildman–Crippen LogP) is 2.62. The average Bonchev–Trinajstić information content (AvgIpc) is 3.19. The van der Waals surface area contributed by atoms with Crippen LogP contribution < -0.4 is 20.1 Å². The molecule has 1 fully saturated rings. The Kier molecular flexibility index (Phi) is 8.35. The Morgan fingerprint density at radius 3 is 2.82 bits per heavy atom. The molecular formula is C18H25Cl2N5O3. The number of methoxy groups -OCH3 is 1. The predicted molar refractivity (Wildman–Crippen MR) is 109 cm³/mol. The van der Waals surface area contributed by atoms with Crippen molar-refractivity contribution in [2.45, 2.75) is 32.4 Å². The zero-order valence-electron chi connectivity index (χ0n) is 15.9. The zero-order chi connectivity index (χ0) is 19.2. The number of aromatic nitrogens is 3. The number of nitrogens with zero attached hydrogens (tertiary/aromatic N) is 3. The second-order valence-electron chi connectivity index (χ2n) is 6.29. The molecule has 2 heterocycles. The number of carbonyl (C=O) groups excluding carboxylic acids is 1. The Labute approximate surface area is 175 Å². The van der Waals surface area contributed by atoms with Crippen LogP contribution in [0.2, 0.25) is 5.02 Å². The molecule has 0 bridgehead atoms. The molecule has 1 aromatic heterocycles. The fourth-order valence-corrected chi connectivity index (χ4v) is 3.35. The minimum absolute atomic E-state index is 0. The van der Waals surface area contributed by atoms with Crippen LogP contribution in [-0.2, 0) is 6.54 Å². The number of hydrogen-bond donors (Lipinski definition) is 2. The third-order valence-corrected chi connectivity index (χ3v) is 4.74. The fourth-order valence-electron chi connectivity index (χ4n) is 3.06. The van der Waals surface area contributed by atoms with Gasteiger partial charge in [0.1, 0.15) is 0 Å². The summed E-state index contributed by atoms with van der Waals surface area (Å²) >= 11 is 6.27. The molecule has 28 heavy (non-hydrogen) atoms. The molecule has 1 aliphatic rings. The van der Waals surface area contributed by atoms with Crippen molar-refractivity contribution in [3.8, 4) is 11.5 Å². The first-order valence-electron chi connectivity index (χ1n) is 9.02. The third-order valence-electron chi connectivity index (χ3n) is 4.46. The Bertz CT molecular complexity index is 794. The number of halogens is 2. The van der Waals surface area contributed by atoms with Crippen LogP contribution in [0.5, 0.6) is 11.5 Å². The van der Waals surface area contributed by atoms with E-state index in [1.54, 1.807) is 30.1 Å². The first-order valence-corrected chi connectivity index (χ1v) is 9.40. The van der Waals surface area contributed by atoms with E-state index in [0.717, 1.165) is 31.5 Å². The maximum absolute atomic E-state index is 12.4. The second-order valence-corrected chi connectivity index (χ2v) is 6.70. The summed E-state index contributed by atoms with van der Waals surface area (Å²) in [5.41, 5.74) is 1.11. The highest BCUT2D eigenvalue weighted by molar-refractivity contribution is 6.32. The van der Waals surface area contributed by atoms with Crippen molar-refractivity contribution in [2.75, 3.05) is 26.8 Å². The van der Waals surface area contributed by atoms with Crippen LogP contribution in [0.25, 0.3) is 0 Å². The van der Waals surface area contributed by atoms with Crippen molar-refractivity contribution >= 4 is 29.9 Å². The van der Waals surface area contributed by atoms with Gasteiger partial charge in [0.15, 0.2) is 17.2 Å². The standard InChI is InChI=1S/C18H24ClN5O3.ClH/c1-3-27-17-14(19)8-12(9-16(17)26-2)10-21-18(25)15-11-24(23-22-15)13-4-6-20-7-5-13;/h8-9,11,13,20H,3-7,10H2,1-2H3,(H,21,25);1H. The lowest BCUT2D eigenvalue weighted by molar-refractivity contribution is 0.0945. The first kappa shape index (κ1) is 22.3. The lowest BCUT2D eigenvalue weighted by atomic mass is 10.1. The van der Waals surface area contributed by atoms with Gasteiger partial charge in [-0.2, -0.15) is 0 Å². The molecule has 10 heteroatoms. The molecule has 154 valence electrons. The van der Waals surface area contributed by atoms with Gasteiger partial charge < -0.3 is 20.1 Å². The van der Waals surface area contributed by atoms with E-state index in [9.17, 15) is 4.79 Å². The van der Waals surface area contributed by atoms with E-state index in [4.69, 9.17) is 21.1 Å². The smallest absolute Gasteiger partial charge is 0.273 e. The van der Waals surface area contributed by atoms with Crippen LogP contribution >= 0.6 is 24.0 Å². The van der Waals surface area contributed by atoms with Gasteiger partial charge in [0.25, 0.3) is 5.91 Å². The van der Waals surface area contributed by atoms with Gasteiger partial charge in [-0.25, -0.2) is 4.68 Å². The van der Waals surface area contributed by atoms with E-state index < -0.39 is 0 Å². The van der Waals surface area contributed by atoms with Crippen LogP contribution in [0.4, 0.5) is 0 Å². The van der Waals surface area contributed by atoms with Crippen LogP contribution in [0.15, 0.2) is 18.3 Å². The lowest BCUT2D eigenvalue weighted by Crippen LogP contribution is -2.29. The van der Waals surface area contributed by atoms with Gasteiger partial charge in [-0.15, -0.1) is 17.5 Å². The van der Waals surface area contributed by atoms with E-state index in [1.807, 2.05) is 6.92 Å². The van der Waals surface area contributed by atoms with Gasteiger partial charge in [-0.05, 0) is 50.6 Å². The molecule has 2 N–H and O–H groups in total. The maximum atomic E-state index is 12.4. The summed E-state index contributed by atoms with van der Waals surface area (Å²) < 4.78 is 12.6. The summed E-state index contributed by atoms with van der Waals surface area (Å²) in [6.07, 6.45) is 3.67. The molecule has 0 aliphatic carbocycles. The molecule has 3 rings (SSSR count). The number of carbonyl (C=O) groups is 1. The Balaban J connectivity index is 0.00000280. The fraction of sp³-hybridized carbons (Fsp3) is 0.500. The van der Waals surface area contributed by atoms with Gasteiger partial charge in [-0.3, -0.25) is 4.79 Å². The second kappa shape index (κ2) is 10.5. The highest BCUT2D eigenvalue weighted by Crippen LogP contribution is 2.36. The van der Waals surface area contributed by atoms with E-state index in [-0.39, 0.29) is 24.4 Å². The van der Waals surface area contributed by atoms with Gasteiger partial charge in [0.2, 0.25) is 0 Å². The van der Waals surface area contributed by atoms with Crippen LogP contribution in [0.1, 0.15) is 41.9 Å². The highest BCUT2D eigenvalue weighted by Gasteiger charge is 2.19. The first-order chi connectivity index (χ1) is 13.1. The van der Waals surface area contributed by atoms with Crippen molar-refractivity contribution in [1.29, 1.82) is 0 Å².